The third-order valence-corrected chi connectivity index (χ3v) is 4.19. The van der Waals surface area contributed by atoms with Crippen molar-refractivity contribution in [3.8, 4) is 5.75 Å². The maximum absolute atomic E-state index is 12.2. The zero-order chi connectivity index (χ0) is 18.5. The number of aryl methyl sites for hydroxylation is 1. The van der Waals surface area contributed by atoms with E-state index < -0.39 is 0 Å². The van der Waals surface area contributed by atoms with Crippen molar-refractivity contribution in [1.29, 1.82) is 0 Å². The second-order valence-corrected chi connectivity index (χ2v) is 6.42. The van der Waals surface area contributed by atoms with E-state index in [4.69, 9.17) is 4.74 Å². The Balaban J connectivity index is 0.00000196. The summed E-state index contributed by atoms with van der Waals surface area (Å²) in [6, 6.07) is 11.4. The molecule has 0 spiro atoms. The van der Waals surface area contributed by atoms with Gasteiger partial charge in [-0.3, -0.25) is 4.79 Å². The number of ether oxygens (including phenoxy) is 1. The lowest BCUT2D eigenvalue weighted by Gasteiger charge is -2.12. The third-order valence-electron chi connectivity index (χ3n) is 4.19. The van der Waals surface area contributed by atoms with Crippen molar-refractivity contribution in [3.63, 3.8) is 0 Å². The van der Waals surface area contributed by atoms with Gasteiger partial charge in [0.05, 0.1) is 5.69 Å². The highest BCUT2D eigenvalue weighted by Crippen LogP contribution is 2.16. The van der Waals surface area contributed by atoms with Crippen molar-refractivity contribution in [2.45, 2.75) is 26.5 Å². The van der Waals surface area contributed by atoms with Crippen LogP contribution in [0.1, 0.15) is 28.5 Å². The molecule has 3 rings (SSSR count). The van der Waals surface area contributed by atoms with Crippen molar-refractivity contribution >= 4 is 36.4 Å². The molecule has 1 atom stereocenters. The molecule has 2 heterocycles. The van der Waals surface area contributed by atoms with Crippen LogP contribution in [0, 0.1) is 6.92 Å². The molecule has 2 aromatic heterocycles. The molecule has 0 fully saturated rings. The monoisotopic (exact) mass is 424 g/mol. The van der Waals surface area contributed by atoms with Crippen LogP contribution in [0.5, 0.6) is 5.75 Å². The van der Waals surface area contributed by atoms with E-state index >= 15 is 0 Å². The molecule has 1 amide bonds. The van der Waals surface area contributed by atoms with E-state index in [0.717, 1.165) is 11.3 Å². The topological polar surface area (TPSA) is 67.7 Å². The quantitative estimate of drug-likeness (QED) is 0.609. The number of aromatic nitrogens is 2. The molecule has 2 N–H and O–H groups in total. The molecule has 0 radical (unpaired) electrons. The number of fused-ring (bicyclic) bond motifs is 1. The van der Waals surface area contributed by atoms with E-state index in [9.17, 15) is 4.79 Å². The van der Waals surface area contributed by atoms with E-state index in [-0.39, 0.29) is 36.8 Å². The molecule has 1 aromatic carbocycles. The second kappa shape index (κ2) is 10.9. The lowest BCUT2D eigenvalue weighted by atomic mass is 10.2. The van der Waals surface area contributed by atoms with Gasteiger partial charge < -0.3 is 19.8 Å². The molecule has 0 aliphatic rings. The Morgan fingerprint density at radius 3 is 2.75 bits per heavy atom. The Hall–Kier alpha value is -2.28. The van der Waals surface area contributed by atoms with E-state index in [1.165, 1.54) is 5.56 Å². The predicted molar refractivity (Wildman–Crippen MR) is 116 cm³/mol. The highest BCUT2D eigenvalue weighted by atomic mass is 35.5. The van der Waals surface area contributed by atoms with Gasteiger partial charge in [-0.2, -0.15) is 0 Å². The Morgan fingerprint density at radius 2 is 2.00 bits per heavy atom. The van der Waals surface area contributed by atoms with E-state index in [1.807, 2.05) is 62.0 Å². The number of imidazole rings is 1. The fourth-order valence-electron chi connectivity index (χ4n) is 2.56. The standard InChI is InChI=1S/C20H24N4O2.2ClH/c1-14-7-8-19-23-17(12-24(19)11-14)13-26-18-6-4-5-16(9-18)20(25)22-10-15(2)21-3;;/h4-9,11-12,15,21H,10,13H2,1-3H3,(H,22,25);2*1H. The molecule has 8 heteroatoms. The SMILES string of the molecule is CNC(C)CNC(=O)c1cccc(OCc2cn3cc(C)ccc3n2)c1.Cl.Cl. The van der Waals surface area contributed by atoms with Crippen LogP contribution in [-0.2, 0) is 6.61 Å². The van der Waals surface area contributed by atoms with Gasteiger partial charge in [-0.25, -0.2) is 4.98 Å². The largest absolute Gasteiger partial charge is 0.487 e. The number of pyridine rings is 1. The predicted octanol–water partition coefficient (Wildman–Crippen LogP) is 3.40. The molecule has 0 saturated carbocycles. The number of halogens is 2. The fourth-order valence-corrected chi connectivity index (χ4v) is 2.56. The van der Waals surface area contributed by atoms with Crippen molar-refractivity contribution in [3.05, 3.63) is 65.6 Å². The molecule has 3 aromatic rings. The molecule has 6 nitrogen and oxygen atoms in total. The highest BCUT2D eigenvalue weighted by molar-refractivity contribution is 5.94. The number of carbonyl (C=O) groups excluding carboxylic acids is 1. The summed E-state index contributed by atoms with van der Waals surface area (Å²) in [6.07, 6.45) is 3.99. The number of benzene rings is 1. The van der Waals surface area contributed by atoms with Gasteiger partial charge in [0, 0.05) is 30.5 Å². The number of hydrogen-bond donors (Lipinski definition) is 2. The molecule has 1 unspecified atom stereocenters. The molecule has 0 aliphatic heterocycles. The van der Waals surface area contributed by atoms with Crippen molar-refractivity contribution in [2.75, 3.05) is 13.6 Å². The van der Waals surface area contributed by atoms with Gasteiger partial charge in [-0.1, -0.05) is 12.1 Å². The molecule has 0 aliphatic carbocycles. The van der Waals surface area contributed by atoms with Gasteiger partial charge in [-0.05, 0) is 50.7 Å². The number of rotatable bonds is 7. The highest BCUT2D eigenvalue weighted by Gasteiger charge is 2.09. The van der Waals surface area contributed by atoms with Crippen LogP contribution in [-0.4, -0.2) is 34.9 Å². The Kier molecular flexibility index (Phi) is 9.25. The smallest absolute Gasteiger partial charge is 0.251 e. The number of likely N-dealkylation sites (N-methyl/N-ethyl adjacent to an activating group) is 1. The number of nitrogens with zero attached hydrogens (tertiary/aromatic N) is 2. The van der Waals surface area contributed by atoms with Crippen LogP contribution >= 0.6 is 24.8 Å². The van der Waals surface area contributed by atoms with Crippen LogP contribution in [0.4, 0.5) is 0 Å². The lowest BCUT2D eigenvalue weighted by Crippen LogP contribution is -2.37. The van der Waals surface area contributed by atoms with Gasteiger partial charge in [0.15, 0.2) is 0 Å². The summed E-state index contributed by atoms with van der Waals surface area (Å²) in [5.74, 6) is 0.535. The van der Waals surface area contributed by atoms with Crippen LogP contribution in [0.15, 0.2) is 48.8 Å². The zero-order valence-electron chi connectivity index (χ0n) is 16.1. The van der Waals surface area contributed by atoms with Crippen molar-refractivity contribution in [1.82, 2.24) is 20.0 Å². The average Bonchev–Trinajstić information content (AvgIpc) is 3.06. The summed E-state index contributed by atoms with van der Waals surface area (Å²) in [4.78, 5) is 16.8. The Bertz CT molecular complexity index is 914. The van der Waals surface area contributed by atoms with Crippen LogP contribution in [0.25, 0.3) is 5.65 Å². The van der Waals surface area contributed by atoms with Crippen LogP contribution in [0.2, 0.25) is 0 Å². The van der Waals surface area contributed by atoms with Crippen LogP contribution < -0.4 is 15.4 Å². The molecular weight excluding hydrogens is 399 g/mol. The maximum Gasteiger partial charge on any atom is 0.251 e. The summed E-state index contributed by atoms with van der Waals surface area (Å²) < 4.78 is 7.81. The van der Waals surface area contributed by atoms with Gasteiger partial charge in [0.2, 0.25) is 0 Å². The van der Waals surface area contributed by atoms with E-state index in [0.29, 0.717) is 24.5 Å². The summed E-state index contributed by atoms with van der Waals surface area (Å²) in [5.41, 5.74) is 3.49. The fraction of sp³-hybridized carbons (Fsp3) is 0.300. The number of nitrogens with one attached hydrogen (secondary N) is 2. The minimum atomic E-state index is -0.110. The first kappa shape index (κ1) is 23.8. The Morgan fingerprint density at radius 1 is 1.21 bits per heavy atom. The Labute approximate surface area is 177 Å². The molecular formula is C20H26Cl2N4O2. The number of hydrogen-bond acceptors (Lipinski definition) is 4. The van der Waals surface area contributed by atoms with Crippen molar-refractivity contribution in [2.24, 2.45) is 0 Å². The average molecular weight is 425 g/mol. The van der Waals surface area contributed by atoms with E-state index in [1.54, 1.807) is 12.1 Å². The summed E-state index contributed by atoms with van der Waals surface area (Å²) in [5, 5.41) is 5.99. The first-order valence-corrected chi connectivity index (χ1v) is 8.67. The minimum Gasteiger partial charge on any atom is -0.487 e. The number of carbonyl (C=O) groups is 1. The summed E-state index contributed by atoms with van der Waals surface area (Å²) in [7, 11) is 1.87. The molecule has 0 bridgehead atoms. The third kappa shape index (κ3) is 6.12. The first-order valence-electron chi connectivity index (χ1n) is 8.67. The van der Waals surface area contributed by atoms with Gasteiger partial charge in [0.25, 0.3) is 5.91 Å². The molecule has 28 heavy (non-hydrogen) atoms. The van der Waals surface area contributed by atoms with Gasteiger partial charge in [0.1, 0.15) is 18.0 Å². The van der Waals surface area contributed by atoms with Crippen LogP contribution in [0.3, 0.4) is 0 Å². The molecule has 152 valence electrons. The normalized spacial score (nSPS) is 11.2. The summed E-state index contributed by atoms with van der Waals surface area (Å²) >= 11 is 0. The minimum absolute atomic E-state index is 0. The first-order chi connectivity index (χ1) is 12.5. The van der Waals surface area contributed by atoms with Crippen molar-refractivity contribution < 1.29 is 9.53 Å². The maximum atomic E-state index is 12.2. The van der Waals surface area contributed by atoms with Gasteiger partial charge >= 0.3 is 0 Å². The molecule has 0 saturated heterocycles. The summed E-state index contributed by atoms with van der Waals surface area (Å²) in [6.45, 7) is 4.98. The van der Waals surface area contributed by atoms with E-state index in [2.05, 4.69) is 15.6 Å². The second-order valence-electron chi connectivity index (χ2n) is 6.42. The zero-order valence-corrected chi connectivity index (χ0v) is 17.8. The number of amides is 1. The lowest BCUT2D eigenvalue weighted by molar-refractivity contribution is 0.0950. The van der Waals surface area contributed by atoms with Gasteiger partial charge in [-0.15, -0.1) is 24.8 Å².